The lowest BCUT2D eigenvalue weighted by atomic mass is 9.37. The SMILES string of the molecule is Cc1nc2ccc(-c3c4ccccc4c(-c4ccc5c(c4)C4CC6CC7CC(c8ccccc8-5)C67C4)c4ccccc34)cc2nc1C. The van der Waals surface area contributed by atoms with E-state index < -0.39 is 0 Å². The Bertz CT molecular complexity index is 2430. The monoisotopic (exact) mass is 604 g/mol. The van der Waals surface area contributed by atoms with Crippen molar-refractivity contribution in [3.63, 3.8) is 0 Å². The van der Waals surface area contributed by atoms with E-state index in [4.69, 9.17) is 9.97 Å². The van der Waals surface area contributed by atoms with E-state index in [1.54, 1.807) is 11.1 Å². The van der Waals surface area contributed by atoms with Crippen LogP contribution >= 0.6 is 0 Å². The summed E-state index contributed by atoms with van der Waals surface area (Å²) < 4.78 is 0. The van der Waals surface area contributed by atoms with E-state index >= 15 is 0 Å². The van der Waals surface area contributed by atoms with Crippen molar-refractivity contribution in [3.05, 3.63) is 132 Å². The first-order chi connectivity index (χ1) is 23.1. The molecule has 3 fully saturated rings. The molecule has 226 valence electrons. The highest BCUT2D eigenvalue weighted by Crippen LogP contribution is 2.80. The molecule has 4 aliphatic carbocycles. The molecule has 1 aromatic heterocycles. The van der Waals surface area contributed by atoms with Gasteiger partial charge in [0, 0.05) is 0 Å². The fourth-order valence-electron chi connectivity index (χ4n) is 11.0. The van der Waals surface area contributed by atoms with E-state index in [2.05, 4.69) is 109 Å². The molecule has 0 radical (unpaired) electrons. The van der Waals surface area contributed by atoms with E-state index in [1.165, 1.54) is 80.6 Å². The molecule has 5 unspecified atom stereocenters. The number of hydrogen-bond donors (Lipinski definition) is 0. The molecular formula is C45H36N2. The maximum Gasteiger partial charge on any atom is 0.0896 e. The maximum atomic E-state index is 4.94. The Hall–Kier alpha value is -4.82. The van der Waals surface area contributed by atoms with Crippen LogP contribution in [0.25, 0.3) is 66.0 Å². The lowest BCUT2D eigenvalue weighted by Gasteiger charge is -2.67. The number of aromatic nitrogens is 2. The van der Waals surface area contributed by atoms with Crippen molar-refractivity contribution in [2.24, 2.45) is 17.3 Å². The van der Waals surface area contributed by atoms with E-state index in [-0.39, 0.29) is 0 Å². The molecule has 0 aliphatic heterocycles. The van der Waals surface area contributed by atoms with Gasteiger partial charge in [0.1, 0.15) is 0 Å². The van der Waals surface area contributed by atoms with Gasteiger partial charge in [-0.15, -0.1) is 0 Å². The van der Waals surface area contributed by atoms with E-state index in [9.17, 15) is 0 Å². The first kappa shape index (κ1) is 26.3. The van der Waals surface area contributed by atoms with Gasteiger partial charge in [0.2, 0.25) is 0 Å². The van der Waals surface area contributed by atoms with Crippen molar-refractivity contribution in [2.75, 3.05) is 0 Å². The largest absolute Gasteiger partial charge is 0.250 e. The summed E-state index contributed by atoms with van der Waals surface area (Å²) in [5.41, 5.74) is 15.8. The minimum Gasteiger partial charge on any atom is -0.250 e. The Morgan fingerprint density at radius 1 is 0.532 bits per heavy atom. The average Bonchev–Trinajstić information content (AvgIpc) is 3.46. The van der Waals surface area contributed by atoms with Crippen molar-refractivity contribution in [3.8, 4) is 33.4 Å². The third-order valence-electron chi connectivity index (χ3n) is 13.1. The average molecular weight is 605 g/mol. The normalized spacial score (nSPS) is 25.0. The van der Waals surface area contributed by atoms with E-state index in [1.807, 2.05) is 13.8 Å². The Kier molecular flexibility index (Phi) is 5.12. The van der Waals surface area contributed by atoms with Crippen molar-refractivity contribution in [1.29, 1.82) is 0 Å². The second-order valence-electron chi connectivity index (χ2n) is 15.0. The zero-order valence-corrected chi connectivity index (χ0v) is 26.9. The summed E-state index contributed by atoms with van der Waals surface area (Å²) in [6.45, 7) is 4.09. The Morgan fingerprint density at radius 3 is 1.81 bits per heavy atom. The van der Waals surface area contributed by atoms with Gasteiger partial charge in [-0.05, 0) is 147 Å². The highest BCUT2D eigenvalue weighted by atomic mass is 14.8. The molecule has 1 spiro atoms. The minimum absolute atomic E-state index is 0.566. The quantitative estimate of drug-likeness (QED) is 0.183. The topological polar surface area (TPSA) is 25.8 Å². The van der Waals surface area contributed by atoms with Gasteiger partial charge < -0.3 is 0 Å². The number of aryl methyl sites for hydroxylation is 2. The lowest BCUT2D eigenvalue weighted by Crippen LogP contribution is -2.58. The summed E-state index contributed by atoms with van der Waals surface area (Å²) in [6.07, 6.45) is 5.60. The van der Waals surface area contributed by atoms with Crippen LogP contribution in [0.3, 0.4) is 0 Å². The third-order valence-corrected chi connectivity index (χ3v) is 13.1. The van der Waals surface area contributed by atoms with Crippen molar-refractivity contribution >= 4 is 32.6 Å². The highest BCUT2D eigenvalue weighted by molar-refractivity contribution is 6.21. The van der Waals surface area contributed by atoms with Gasteiger partial charge >= 0.3 is 0 Å². The second kappa shape index (κ2) is 9.16. The highest BCUT2D eigenvalue weighted by Gasteiger charge is 2.70. The zero-order valence-electron chi connectivity index (χ0n) is 26.9. The van der Waals surface area contributed by atoms with Crippen LogP contribution in [0.1, 0.15) is 60.0 Å². The Morgan fingerprint density at radius 2 is 1.11 bits per heavy atom. The summed E-state index contributed by atoms with van der Waals surface area (Å²) in [7, 11) is 0. The third kappa shape index (κ3) is 3.36. The summed E-state index contributed by atoms with van der Waals surface area (Å²) in [4.78, 5) is 9.76. The molecule has 7 aromatic rings. The first-order valence-electron chi connectivity index (χ1n) is 17.5. The number of nitrogens with zero attached hydrogens (tertiary/aromatic N) is 2. The van der Waals surface area contributed by atoms with Crippen LogP contribution in [0, 0.1) is 31.1 Å². The molecule has 2 bridgehead atoms. The molecule has 3 saturated carbocycles. The number of benzene rings is 6. The standard InChI is InChI=1S/C45H36N2/c1-25-26(2)47-42-21-28(16-18-41(42)46-25)44-37-13-7-5-11-35(37)43(36-12-6-8-14-38(36)44)27-15-17-33-32-9-3-4-10-34(32)40-23-31-22-30-19-29(39(33)20-27)24-45(30,31)40/h3-18,20-21,29-31,40H,19,22-24H2,1-2H3. The van der Waals surface area contributed by atoms with Gasteiger partial charge in [-0.2, -0.15) is 0 Å². The van der Waals surface area contributed by atoms with Crippen LogP contribution in [-0.2, 0) is 0 Å². The van der Waals surface area contributed by atoms with Crippen LogP contribution in [0.2, 0.25) is 0 Å². The Labute approximate surface area is 275 Å². The smallest absolute Gasteiger partial charge is 0.0896 e. The predicted octanol–water partition coefficient (Wildman–Crippen LogP) is 11.6. The molecule has 11 rings (SSSR count). The molecule has 1 heterocycles. The maximum absolute atomic E-state index is 4.94. The van der Waals surface area contributed by atoms with Crippen molar-refractivity contribution in [2.45, 2.75) is 51.4 Å². The van der Waals surface area contributed by atoms with Crippen LogP contribution < -0.4 is 0 Å². The van der Waals surface area contributed by atoms with E-state index in [0.29, 0.717) is 11.3 Å². The van der Waals surface area contributed by atoms with E-state index in [0.717, 1.165) is 40.2 Å². The summed E-state index contributed by atoms with van der Waals surface area (Å²) in [5.74, 6) is 3.27. The molecule has 0 saturated heterocycles. The summed E-state index contributed by atoms with van der Waals surface area (Å²) >= 11 is 0. The first-order valence-corrected chi connectivity index (χ1v) is 17.5. The van der Waals surface area contributed by atoms with Gasteiger partial charge in [-0.25, -0.2) is 9.97 Å². The molecular weight excluding hydrogens is 569 g/mol. The van der Waals surface area contributed by atoms with Crippen LogP contribution in [0.15, 0.2) is 109 Å². The molecule has 0 N–H and O–H groups in total. The fraction of sp³-hybridized carbons (Fsp3) is 0.244. The van der Waals surface area contributed by atoms with Crippen molar-refractivity contribution < 1.29 is 0 Å². The molecule has 2 nitrogen and oxygen atoms in total. The minimum atomic E-state index is 0.566. The van der Waals surface area contributed by atoms with Gasteiger partial charge in [-0.1, -0.05) is 97.1 Å². The molecule has 47 heavy (non-hydrogen) atoms. The lowest BCUT2D eigenvalue weighted by molar-refractivity contribution is -0.144. The Balaban J connectivity index is 1.16. The summed E-state index contributed by atoms with van der Waals surface area (Å²) in [5, 5.41) is 5.19. The summed E-state index contributed by atoms with van der Waals surface area (Å²) in [6, 6.07) is 41.6. The molecule has 5 atom stereocenters. The predicted molar refractivity (Wildman–Crippen MR) is 194 cm³/mol. The molecule has 2 heteroatoms. The van der Waals surface area contributed by atoms with Crippen LogP contribution in [-0.4, -0.2) is 9.97 Å². The van der Waals surface area contributed by atoms with Crippen molar-refractivity contribution in [1.82, 2.24) is 9.97 Å². The van der Waals surface area contributed by atoms with Crippen LogP contribution in [0.5, 0.6) is 0 Å². The number of fused-ring (bicyclic) bond motifs is 9. The zero-order chi connectivity index (χ0) is 31.0. The van der Waals surface area contributed by atoms with Crippen LogP contribution in [0.4, 0.5) is 0 Å². The van der Waals surface area contributed by atoms with Gasteiger partial charge in [0.05, 0.1) is 22.4 Å². The molecule has 4 aliphatic rings. The number of rotatable bonds is 2. The molecule has 0 amide bonds. The van der Waals surface area contributed by atoms with Gasteiger partial charge in [0.25, 0.3) is 0 Å². The number of hydrogen-bond acceptors (Lipinski definition) is 2. The fourth-order valence-corrected chi connectivity index (χ4v) is 11.0. The van der Waals surface area contributed by atoms with Gasteiger partial charge in [0.15, 0.2) is 0 Å². The van der Waals surface area contributed by atoms with Gasteiger partial charge in [-0.3, -0.25) is 0 Å². The molecule has 6 aromatic carbocycles. The second-order valence-corrected chi connectivity index (χ2v) is 15.0.